The molecule has 3 heterocycles. The van der Waals surface area contributed by atoms with Crippen LogP contribution in [-0.2, 0) is 11.3 Å². The van der Waals surface area contributed by atoms with Crippen LogP contribution >= 0.6 is 0 Å². The van der Waals surface area contributed by atoms with Crippen molar-refractivity contribution in [3.63, 3.8) is 0 Å². The van der Waals surface area contributed by atoms with Crippen LogP contribution in [0.15, 0.2) is 29.3 Å². The number of alkyl halides is 2. The SMILES string of the molecule is O=C(NC1CCOCC1)N1CCN(c2ccc3c(=O)n(CC(F)F)cnc3c2)CC1. The van der Waals surface area contributed by atoms with Crippen LogP contribution in [0.5, 0.6) is 0 Å². The Balaban J connectivity index is 1.39. The minimum atomic E-state index is -2.61. The summed E-state index contributed by atoms with van der Waals surface area (Å²) in [6.07, 6.45) is 0.240. The van der Waals surface area contributed by atoms with Crippen molar-refractivity contribution in [3.8, 4) is 0 Å². The van der Waals surface area contributed by atoms with Gasteiger partial charge in [-0.25, -0.2) is 18.6 Å². The van der Waals surface area contributed by atoms with Gasteiger partial charge in [0.2, 0.25) is 0 Å². The van der Waals surface area contributed by atoms with Crippen molar-refractivity contribution < 1.29 is 18.3 Å². The summed E-state index contributed by atoms with van der Waals surface area (Å²) in [5, 5.41) is 3.40. The first-order chi connectivity index (χ1) is 14.5. The zero-order chi connectivity index (χ0) is 21.1. The summed E-state index contributed by atoms with van der Waals surface area (Å²) in [4.78, 5) is 33.0. The second-order valence-corrected chi connectivity index (χ2v) is 7.60. The fourth-order valence-corrected chi connectivity index (χ4v) is 3.90. The van der Waals surface area contributed by atoms with E-state index >= 15 is 0 Å². The summed E-state index contributed by atoms with van der Waals surface area (Å²) in [5.74, 6) is 0. The van der Waals surface area contributed by atoms with Crippen molar-refractivity contribution >= 4 is 22.6 Å². The first-order valence-corrected chi connectivity index (χ1v) is 10.2. The van der Waals surface area contributed by atoms with Crippen LogP contribution in [0, 0.1) is 0 Å². The van der Waals surface area contributed by atoms with Crippen molar-refractivity contribution in [2.45, 2.75) is 31.9 Å². The molecule has 4 rings (SSSR count). The number of urea groups is 1. The van der Waals surface area contributed by atoms with Crippen LogP contribution in [0.1, 0.15) is 12.8 Å². The third kappa shape index (κ3) is 4.53. The largest absolute Gasteiger partial charge is 0.381 e. The number of carbonyl (C=O) groups excluding carboxylic acids is 1. The lowest BCUT2D eigenvalue weighted by atomic mass is 10.1. The van der Waals surface area contributed by atoms with Gasteiger partial charge in [0.25, 0.3) is 12.0 Å². The van der Waals surface area contributed by atoms with E-state index in [0.29, 0.717) is 50.3 Å². The molecule has 2 aliphatic heterocycles. The molecule has 0 aliphatic carbocycles. The Morgan fingerprint density at radius 2 is 1.93 bits per heavy atom. The molecule has 2 fully saturated rings. The maximum Gasteiger partial charge on any atom is 0.317 e. The fraction of sp³-hybridized carbons (Fsp3) is 0.550. The number of hydrogen-bond acceptors (Lipinski definition) is 5. The van der Waals surface area contributed by atoms with E-state index in [1.54, 1.807) is 18.2 Å². The molecular formula is C20H25F2N5O3. The number of anilines is 1. The Kier molecular flexibility index (Phi) is 6.12. The molecule has 0 saturated carbocycles. The Morgan fingerprint density at radius 3 is 2.63 bits per heavy atom. The van der Waals surface area contributed by atoms with Crippen molar-refractivity contribution in [3.05, 3.63) is 34.9 Å². The molecule has 0 unspecified atom stereocenters. The maximum atomic E-state index is 12.6. The van der Waals surface area contributed by atoms with Crippen molar-refractivity contribution in [1.82, 2.24) is 19.8 Å². The lowest BCUT2D eigenvalue weighted by Gasteiger charge is -2.37. The molecular weight excluding hydrogens is 396 g/mol. The average molecular weight is 421 g/mol. The number of rotatable bonds is 4. The second kappa shape index (κ2) is 8.95. The first-order valence-electron chi connectivity index (χ1n) is 10.2. The van der Waals surface area contributed by atoms with Crippen LogP contribution in [-0.4, -0.2) is 72.3 Å². The molecule has 8 nitrogen and oxygen atoms in total. The Labute approximate surface area is 172 Å². The summed E-state index contributed by atoms with van der Waals surface area (Å²) in [6.45, 7) is 3.21. The summed E-state index contributed by atoms with van der Waals surface area (Å²) in [6, 6.07) is 5.36. The third-order valence-electron chi connectivity index (χ3n) is 5.62. The molecule has 2 aliphatic rings. The standard InChI is InChI=1S/C20H25F2N5O3/c21-18(22)12-27-13-23-17-11-15(1-2-16(17)19(27)28)25-5-7-26(8-6-25)20(29)24-14-3-9-30-10-4-14/h1-2,11,13-14,18H,3-10,12H2,(H,24,29). The number of nitrogens with zero attached hydrogens (tertiary/aromatic N) is 4. The van der Waals surface area contributed by atoms with E-state index in [0.717, 1.165) is 23.1 Å². The van der Waals surface area contributed by atoms with Gasteiger partial charge in [0.05, 0.1) is 23.8 Å². The average Bonchev–Trinajstić information content (AvgIpc) is 2.76. The third-order valence-corrected chi connectivity index (χ3v) is 5.62. The molecule has 1 N–H and O–H groups in total. The van der Waals surface area contributed by atoms with Gasteiger partial charge in [-0.2, -0.15) is 0 Å². The van der Waals surface area contributed by atoms with Gasteiger partial charge in [0, 0.05) is 51.1 Å². The molecule has 0 spiro atoms. The number of amides is 2. The zero-order valence-electron chi connectivity index (χ0n) is 16.6. The highest BCUT2D eigenvalue weighted by molar-refractivity contribution is 5.81. The molecule has 0 bridgehead atoms. The Hall–Kier alpha value is -2.75. The smallest absolute Gasteiger partial charge is 0.317 e. The summed E-state index contributed by atoms with van der Waals surface area (Å²) in [7, 11) is 0. The predicted octanol–water partition coefficient (Wildman–Crippen LogP) is 1.67. The first kappa shape index (κ1) is 20.5. The van der Waals surface area contributed by atoms with E-state index in [9.17, 15) is 18.4 Å². The minimum Gasteiger partial charge on any atom is -0.381 e. The minimum absolute atomic E-state index is 0.0405. The van der Waals surface area contributed by atoms with E-state index in [1.165, 1.54) is 6.33 Å². The second-order valence-electron chi connectivity index (χ2n) is 7.60. The number of halogens is 2. The highest BCUT2D eigenvalue weighted by Crippen LogP contribution is 2.21. The maximum absolute atomic E-state index is 12.6. The number of benzene rings is 1. The number of aromatic nitrogens is 2. The number of piperazine rings is 1. The van der Waals surface area contributed by atoms with E-state index in [2.05, 4.69) is 15.2 Å². The van der Waals surface area contributed by atoms with Gasteiger partial charge in [-0.3, -0.25) is 9.36 Å². The van der Waals surface area contributed by atoms with Crippen LogP contribution < -0.4 is 15.8 Å². The van der Waals surface area contributed by atoms with Crippen molar-refractivity contribution in [2.24, 2.45) is 0 Å². The lowest BCUT2D eigenvalue weighted by Crippen LogP contribution is -2.54. The zero-order valence-corrected chi connectivity index (χ0v) is 16.6. The Morgan fingerprint density at radius 1 is 1.20 bits per heavy atom. The summed E-state index contributed by atoms with van der Waals surface area (Å²) in [5.41, 5.74) is 0.898. The molecule has 1 aromatic heterocycles. The number of hydrogen-bond donors (Lipinski definition) is 1. The van der Waals surface area contributed by atoms with Gasteiger partial charge in [-0.05, 0) is 31.0 Å². The van der Waals surface area contributed by atoms with Crippen LogP contribution in [0.25, 0.3) is 10.9 Å². The molecule has 2 aromatic rings. The van der Waals surface area contributed by atoms with E-state index in [1.807, 2.05) is 4.90 Å². The van der Waals surface area contributed by atoms with Crippen LogP contribution in [0.2, 0.25) is 0 Å². The van der Waals surface area contributed by atoms with Gasteiger partial charge < -0.3 is 19.9 Å². The van der Waals surface area contributed by atoms with Crippen LogP contribution in [0.4, 0.5) is 19.3 Å². The predicted molar refractivity (Wildman–Crippen MR) is 108 cm³/mol. The van der Waals surface area contributed by atoms with Gasteiger partial charge in [-0.1, -0.05) is 0 Å². The van der Waals surface area contributed by atoms with E-state index in [4.69, 9.17) is 4.74 Å². The summed E-state index contributed by atoms with van der Waals surface area (Å²) >= 11 is 0. The highest BCUT2D eigenvalue weighted by Gasteiger charge is 2.24. The molecule has 0 atom stereocenters. The van der Waals surface area contributed by atoms with Gasteiger partial charge in [0.1, 0.15) is 0 Å². The molecule has 0 radical (unpaired) electrons. The summed E-state index contributed by atoms with van der Waals surface area (Å²) < 4.78 is 31.4. The van der Waals surface area contributed by atoms with E-state index < -0.39 is 18.5 Å². The quantitative estimate of drug-likeness (QED) is 0.813. The van der Waals surface area contributed by atoms with E-state index in [-0.39, 0.29) is 12.1 Å². The normalized spacial score (nSPS) is 18.2. The number of carbonyl (C=O) groups is 1. The van der Waals surface area contributed by atoms with Gasteiger partial charge in [-0.15, -0.1) is 0 Å². The number of fused-ring (bicyclic) bond motifs is 1. The van der Waals surface area contributed by atoms with Crippen molar-refractivity contribution in [1.29, 1.82) is 0 Å². The molecule has 2 amide bonds. The lowest BCUT2D eigenvalue weighted by molar-refractivity contribution is 0.0779. The van der Waals surface area contributed by atoms with Gasteiger partial charge >= 0.3 is 6.03 Å². The number of nitrogens with one attached hydrogen (secondary N) is 1. The Bertz CT molecular complexity index is 953. The molecule has 10 heteroatoms. The molecule has 2 saturated heterocycles. The molecule has 1 aromatic carbocycles. The fourth-order valence-electron chi connectivity index (χ4n) is 3.90. The van der Waals surface area contributed by atoms with Crippen LogP contribution in [0.3, 0.4) is 0 Å². The monoisotopic (exact) mass is 421 g/mol. The molecule has 162 valence electrons. The van der Waals surface area contributed by atoms with Crippen molar-refractivity contribution in [2.75, 3.05) is 44.3 Å². The number of ether oxygens (including phenoxy) is 1. The van der Waals surface area contributed by atoms with Gasteiger partial charge in [0.15, 0.2) is 0 Å². The topological polar surface area (TPSA) is 79.7 Å². The molecule has 30 heavy (non-hydrogen) atoms. The highest BCUT2D eigenvalue weighted by atomic mass is 19.3.